The molecular formula is C18H18O. The number of allylic oxidation sites excluding steroid dienone is 2. The largest absolute Gasteiger partial charge is 0.456 e. The number of hydrogen-bond donors (Lipinski definition) is 0. The number of rotatable bonds is 4. The monoisotopic (exact) mass is 250 g/mol. The first-order valence-corrected chi connectivity index (χ1v) is 6.46. The van der Waals surface area contributed by atoms with Gasteiger partial charge in [-0.3, -0.25) is 0 Å². The van der Waals surface area contributed by atoms with E-state index in [1.807, 2.05) is 86.7 Å². The van der Waals surface area contributed by atoms with Gasteiger partial charge in [-0.15, -0.1) is 0 Å². The van der Waals surface area contributed by atoms with Crippen molar-refractivity contribution in [2.75, 3.05) is 0 Å². The fourth-order valence-corrected chi connectivity index (χ4v) is 1.90. The summed E-state index contributed by atoms with van der Waals surface area (Å²) in [5.74, 6) is 1.75. The summed E-state index contributed by atoms with van der Waals surface area (Å²) < 4.78 is 6.04. The Hall–Kier alpha value is -2.28. The molecule has 19 heavy (non-hydrogen) atoms. The predicted molar refractivity (Wildman–Crippen MR) is 82.4 cm³/mol. The van der Waals surface area contributed by atoms with Crippen LogP contribution < -0.4 is 4.74 Å². The summed E-state index contributed by atoms with van der Waals surface area (Å²) in [5, 5.41) is 0. The maximum absolute atomic E-state index is 6.04. The number of benzene rings is 2. The van der Waals surface area contributed by atoms with E-state index in [0.717, 1.165) is 22.6 Å². The van der Waals surface area contributed by atoms with Crippen molar-refractivity contribution in [3.05, 3.63) is 71.8 Å². The molecule has 0 heterocycles. The molecule has 96 valence electrons. The highest BCUT2D eigenvalue weighted by Gasteiger charge is 2.04. The molecule has 0 saturated heterocycles. The van der Waals surface area contributed by atoms with E-state index in [-0.39, 0.29) is 0 Å². The van der Waals surface area contributed by atoms with Crippen molar-refractivity contribution in [2.45, 2.75) is 13.8 Å². The van der Waals surface area contributed by atoms with E-state index >= 15 is 0 Å². The summed E-state index contributed by atoms with van der Waals surface area (Å²) in [6, 6.07) is 16.1. The highest BCUT2D eigenvalue weighted by Crippen LogP contribution is 2.29. The first-order chi connectivity index (χ1) is 9.35. The van der Waals surface area contributed by atoms with Crippen LogP contribution in [0.3, 0.4) is 0 Å². The van der Waals surface area contributed by atoms with Gasteiger partial charge in [0.05, 0.1) is 0 Å². The molecule has 0 amide bonds. The average molecular weight is 250 g/mol. The number of para-hydroxylation sites is 2. The van der Waals surface area contributed by atoms with Crippen LogP contribution in [-0.2, 0) is 0 Å². The van der Waals surface area contributed by atoms with Gasteiger partial charge in [0.25, 0.3) is 0 Å². The third kappa shape index (κ3) is 3.35. The fourth-order valence-electron chi connectivity index (χ4n) is 1.90. The lowest BCUT2D eigenvalue weighted by Gasteiger charge is -2.11. The molecule has 0 aliphatic carbocycles. The summed E-state index contributed by atoms with van der Waals surface area (Å²) in [6.07, 6.45) is 8.13. The second-order valence-electron chi connectivity index (χ2n) is 4.18. The molecule has 0 saturated carbocycles. The van der Waals surface area contributed by atoms with Crippen molar-refractivity contribution in [3.63, 3.8) is 0 Å². The molecule has 0 atom stereocenters. The zero-order valence-electron chi connectivity index (χ0n) is 11.3. The Bertz CT molecular complexity index is 541. The van der Waals surface area contributed by atoms with Crippen LogP contribution in [0.2, 0.25) is 0 Å². The first-order valence-electron chi connectivity index (χ1n) is 6.46. The quantitative estimate of drug-likeness (QED) is 0.691. The molecule has 1 nitrogen and oxygen atoms in total. The molecule has 0 fully saturated rings. The van der Waals surface area contributed by atoms with E-state index in [0.29, 0.717) is 0 Å². The Balaban J connectivity index is 2.36. The van der Waals surface area contributed by atoms with Gasteiger partial charge in [0.1, 0.15) is 11.5 Å². The van der Waals surface area contributed by atoms with Crippen LogP contribution in [0.15, 0.2) is 60.7 Å². The van der Waals surface area contributed by atoms with E-state index in [1.165, 1.54) is 0 Å². The molecule has 0 aromatic heterocycles. The fraction of sp³-hybridized carbons (Fsp3) is 0.111. The Kier molecular flexibility index (Phi) is 4.57. The maximum atomic E-state index is 6.04. The van der Waals surface area contributed by atoms with E-state index in [1.54, 1.807) is 0 Å². The van der Waals surface area contributed by atoms with E-state index in [2.05, 4.69) is 0 Å². The van der Waals surface area contributed by atoms with Crippen molar-refractivity contribution < 1.29 is 4.74 Å². The molecule has 0 unspecified atom stereocenters. The van der Waals surface area contributed by atoms with Gasteiger partial charge in [0, 0.05) is 11.1 Å². The van der Waals surface area contributed by atoms with Gasteiger partial charge in [0.2, 0.25) is 0 Å². The zero-order chi connectivity index (χ0) is 13.5. The van der Waals surface area contributed by atoms with Crippen LogP contribution in [0.4, 0.5) is 0 Å². The molecule has 2 rings (SSSR count). The van der Waals surface area contributed by atoms with Gasteiger partial charge in [-0.2, -0.15) is 0 Å². The van der Waals surface area contributed by atoms with Crippen molar-refractivity contribution in [2.24, 2.45) is 0 Å². The first kappa shape index (κ1) is 13.2. The molecule has 0 spiro atoms. The number of ether oxygens (including phenoxy) is 1. The van der Waals surface area contributed by atoms with Gasteiger partial charge in [-0.25, -0.2) is 0 Å². The topological polar surface area (TPSA) is 9.23 Å². The average Bonchev–Trinajstić information content (AvgIpc) is 2.44. The lowest BCUT2D eigenvalue weighted by Crippen LogP contribution is -1.89. The lowest BCUT2D eigenvalue weighted by atomic mass is 10.1. The van der Waals surface area contributed by atoms with Crippen LogP contribution in [0, 0.1) is 0 Å². The van der Waals surface area contributed by atoms with Gasteiger partial charge < -0.3 is 4.74 Å². The van der Waals surface area contributed by atoms with Crippen molar-refractivity contribution in [1.82, 2.24) is 0 Å². The molecule has 2 aromatic carbocycles. The summed E-state index contributed by atoms with van der Waals surface area (Å²) >= 11 is 0. The third-order valence-corrected chi connectivity index (χ3v) is 2.75. The van der Waals surface area contributed by atoms with Crippen molar-refractivity contribution >= 4 is 12.2 Å². The van der Waals surface area contributed by atoms with E-state index in [9.17, 15) is 0 Å². The van der Waals surface area contributed by atoms with Gasteiger partial charge in [0.15, 0.2) is 0 Å². The molecule has 0 N–H and O–H groups in total. The Morgan fingerprint density at radius 2 is 1.11 bits per heavy atom. The molecule has 0 aliphatic heterocycles. The van der Waals surface area contributed by atoms with Crippen LogP contribution in [0.5, 0.6) is 11.5 Å². The Morgan fingerprint density at radius 1 is 0.684 bits per heavy atom. The SMILES string of the molecule is CC=Cc1ccccc1Oc1ccccc1C=CC. The van der Waals surface area contributed by atoms with E-state index in [4.69, 9.17) is 4.74 Å². The summed E-state index contributed by atoms with van der Waals surface area (Å²) in [5.41, 5.74) is 2.17. The minimum absolute atomic E-state index is 0.873. The normalized spacial score (nSPS) is 11.3. The molecule has 0 aliphatic rings. The third-order valence-electron chi connectivity index (χ3n) is 2.75. The molecule has 0 bridgehead atoms. The lowest BCUT2D eigenvalue weighted by molar-refractivity contribution is 0.480. The Labute approximate surface area is 114 Å². The molecule has 1 heteroatoms. The van der Waals surface area contributed by atoms with Gasteiger partial charge >= 0.3 is 0 Å². The Morgan fingerprint density at radius 3 is 1.53 bits per heavy atom. The van der Waals surface area contributed by atoms with E-state index < -0.39 is 0 Å². The van der Waals surface area contributed by atoms with Crippen molar-refractivity contribution in [3.8, 4) is 11.5 Å². The van der Waals surface area contributed by atoms with Crippen LogP contribution in [-0.4, -0.2) is 0 Å². The molecule has 2 aromatic rings. The number of hydrogen-bond acceptors (Lipinski definition) is 1. The summed E-state index contributed by atoms with van der Waals surface area (Å²) in [6.45, 7) is 4.01. The van der Waals surface area contributed by atoms with Crippen LogP contribution in [0.1, 0.15) is 25.0 Å². The minimum Gasteiger partial charge on any atom is -0.456 e. The molecule has 0 radical (unpaired) electrons. The zero-order valence-corrected chi connectivity index (χ0v) is 11.3. The summed E-state index contributed by atoms with van der Waals surface area (Å²) in [7, 11) is 0. The summed E-state index contributed by atoms with van der Waals surface area (Å²) in [4.78, 5) is 0. The second-order valence-corrected chi connectivity index (χ2v) is 4.18. The highest BCUT2D eigenvalue weighted by atomic mass is 16.5. The minimum atomic E-state index is 0.873. The molecular weight excluding hydrogens is 232 g/mol. The second kappa shape index (κ2) is 6.60. The maximum Gasteiger partial charge on any atom is 0.134 e. The predicted octanol–water partition coefficient (Wildman–Crippen LogP) is 5.55. The van der Waals surface area contributed by atoms with Gasteiger partial charge in [-0.05, 0) is 26.0 Å². The van der Waals surface area contributed by atoms with Crippen LogP contribution in [0.25, 0.3) is 12.2 Å². The highest BCUT2D eigenvalue weighted by molar-refractivity contribution is 5.61. The smallest absolute Gasteiger partial charge is 0.134 e. The van der Waals surface area contributed by atoms with Gasteiger partial charge in [-0.1, -0.05) is 60.7 Å². The van der Waals surface area contributed by atoms with Crippen molar-refractivity contribution in [1.29, 1.82) is 0 Å². The standard InChI is InChI=1S/C18H18O/c1-3-9-15-11-5-7-13-17(15)19-18-14-8-6-12-16(18)10-4-2/h3-14H,1-2H3. The van der Waals surface area contributed by atoms with Crippen LogP contribution >= 0.6 is 0 Å².